The van der Waals surface area contributed by atoms with Crippen molar-refractivity contribution in [3.8, 4) is 5.69 Å². The molecule has 1 aromatic heterocycles. The Bertz CT molecular complexity index is 665. The van der Waals surface area contributed by atoms with E-state index in [0.717, 1.165) is 0 Å². The molecule has 2 N–H and O–H groups in total. The Balaban J connectivity index is 2.21. The van der Waals surface area contributed by atoms with Crippen LogP contribution in [0.5, 0.6) is 0 Å². The van der Waals surface area contributed by atoms with Gasteiger partial charge in [-0.25, -0.2) is 4.79 Å². The van der Waals surface area contributed by atoms with Crippen LogP contribution in [0.1, 0.15) is 18.4 Å². The number of aromatic nitrogens is 2. The predicted molar refractivity (Wildman–Crippen MR) is 64.9 cm³/mol. The first-order valence-corrected chi connectivity index (χ1v) is 5.74. The molecule has 5 heteroatoms. The third kappa shape index (κ3) is 1.40. The third-order valence-corrected chi connectivity index (χ3v) is 3.49. The first-order valence-electron chi connectivity index (χ1n) is 5.74. The quantitative estimate of drug-likeness (QED) is 0.854. The fourth-order valence-electron chi connectivity index (χ4n) is 2.32. The van der Waals surface area contributed by atoms with Crippen LogP contribution < -0.4 is 5.69 Å². The molecule has 5 nitrogen and oxygen atoms in total. The first-order chi connectivity index (χ1) is 8.65. The van der Waals surface area contributed by atoms with Gasteiger partial charge in [-0.15, -0.1) is 0 Å². The Kier molecular flexibility index (Phi) is 2.16. The van der Waals surface area contributed by atoms with E-state index in [-0.39, 0.29) is 5.69 Å². The van der Waals surface area contributed by atoms with Crippen molar-refractivity contribution >= 4 is 5.97 Å². The lowest BCUT2D eigenvalue weighted by Crippen LogP contribution is -2.24. The van der Waals surface area contributed by atoms with Gasteiger partial charge in [0.25, 0.3) is 0 Å². The lowest BCUT2D eigenvalue weighted by atomic mass is 9.94. The number of nitrogens with one attached hydrogen (secondary N) is 1. The molecule has 0 aliphatic heterocycles. The van der Waals surface area contributed by atoms with E-state index >= 15 is 0 Å². The number of carboxylic acid groups (broad SMARTS) is 1. The summed E-state index contributed by atoms with van der Waals surface area (Å²) in [5, 5.41) is 9.35. The van der Waals surface area contributed by atoms with Crippen molar-refractivity contribution in [3.05, 3.63) is 52.7 Å². The molecule has 1 saturated carbocycles. The van der Waals surface area contributed by atoms with Gasteiger partial charge in [0.1, 0.15) is 0 Å². The number of H-pyrrole nitrogens is 1. The van der Waals surface area contributed by atoms with E-state index in [1.165, 1.54) is 4.57 Å². The zero-order chi connectivity index (χ0) is 12.8. The summed E-state index contributed by atoms with van der Waals surface area (Å²) in [5.74, 6) is -0.821. The number of carbonyl (C=O) groups is 1. The average Bonchev–Trinajstić information content (AvgIpc) is 3.07. The summed E-state index contributed by atoms with van der Waals surface area (Å²) in [6.07, 6.45) is 4.40. The Morgan fingerprint density at radius 3 is 2.61 bits per heavy atom. The maximum Gasteiger partial charge on any atom is 0.330 e. The maximum absolute atomic E-state index is 11.6. The number of imidazole rings is 1. The van der Waals surface area contributed by atoms with Gasteiger partial charge in [-0.1, -0.05) is 18.2 Å². The minimum Gasteiger partial charge on any atom is -0.481 e. The number of nitrogens with zero attached hydrogens (tertiary/aromatic N) is 1. The van der Waals surface area contributed by atoms with Crippen molar-refractivity contribution in [1.29, 1.82) is 0 Å². The number of aliphatic carboxylic acids is 1. The monoisotopic (exact) mass is 244 g/mol. The van der Waals surface area contributed by atoms with Crippen LogP contribution in [0.25, 0.3) is 5.69 Å². The molecule has 0 radical (unpaired) electrons. The summed E-state index contributed by atoms with van der Waals surface area (Å²) in [4.78, 5) is 25.6. The van der Waals surface area contributed by atoms with Crippen LogP contribution in [-0.2, 0) is 10.2 Å². The summed E-state index contributed by atoms with van der Waals surface area (Å²) in [6, 6.07) is 7.17. The third-order valence-electron chi connectivity index (χ3n) is 3.49. The summed E-state index contributed by atoms with van der Waals surface area (Å²) in [5.41, 5.74) is 0.277. The van der Waals surface area contributed by atoms with E-state index in [2.05, 4.69) is 4.98 Å². The van der Waals surface area contributed by atoms with E-state index in [1.807, 2.05) is 0 Å². The minimum absolute atomic E-state index is 0.261. The Morgan fingerprint density at radius 2 is 2.06 bits per heavy atom. The molecule has 1 aromatic carbocycles. The molecule has 0 saturated heterocycles. The van der Waals surface area contributed by atoms with Gasteiger partial charge in [0.2, 0.25) is 0 Å². The summed E-state index contributed by atoms with van der Waals surface area (Å²) in [7, 11) is 0. The second kappa shape index (κ2) is 3.60. The summed E-state index contributed by atoms with van der Waals surface area (Å²) < 4.78 is 1.44. The van der Waals surface area contributed by atoms with Crippen LogP contribution in [0.3, 0.4) is 0 Å². The normalized spacial score (nSPS) is 16.4. The standard InChI is InChI=1S/C13H12N2O3/c16-11(17)13(5-6-13)9-3-1-2-4-10(9)15-8-7-14-12(15)18/h1-4,7-8H,5-6H2,(H,14,18)(H,16,17). The lowest BCUT2D eigenvalue weighted by molar-refractivity contribution is -0.140. The molecule has 0 bridgehead atoms. The smallest absolute Gasteiger partial charge is 0.330 e. The van der Waals surface area contributed by atoms with Crippen LogP contribution >= 0.6 is 0 Å². The zero-order valence-electron chi connectivity index (χ0n) is 9.59. The van der Waals surface area contributed by atoms with Gasteiger partial charge in [0.15, 0.2) is 0 Å². The molecule has 2 aromatic rings. The number of rotatable bonds is 3. The van der Waals surface area contributed by atoms with Gasteiger partial charge in [-0.05, 0) is 24.5 Å². The fourth-order valence-corrected chi connectivity index (χ4v) is 2.32. The first kappa shape index (κ1) is 10.8. The molecule has 0 atom stereocenters. The molecule has 0 unspecified atom stereocenters. The maximum atomic E-state index is 11.6. The molecule has 1 heterocycles. The highest BCUT2D eigenvalue weighted by atomic mass is 16.4. The van der Waals surface area contributed by atoms with Crippen LogP contribution in [0, 0.1) is 0 Å². The van der Waals surface area contributed by atoms with Gasteiger partial charge >= 0.3 is 11.7 Å². The number of carboxylic acids is 1. The van der Waals surface area contributed by atoms with Crippen molar-refractivity contribution in [3.63, 3.8) is 0 Å². The van der Waals surface area contributed by atoms with Gasteiger partial charge in [-0.2, -0.15) is 0 Å². The number of hydrogen-bond acceptors (Lipinski definition) is 2. The molecule has 1 fully saturated rings. The molecular weight excluding hydrogens is 232 g/mol. The van der Waals surface area contributed by atoms with Crippen LogP contribution in [-0.4, -0.2) is 20.6 Å². The summed E-state index contributed by atoms with van der Waals surface area (Å²) in [6.45, 7) is 0. The Hall–Kier alpha value is -2.30. The second-order valence-electron chi connectivity index (χ2n) is 4.54. The zero-order valence-corrected chi connectivity index (χ0v) is 9.59. The van der Waals surface area contributed by atoms with E-state index in [0.29, 0.717) is 24.1 Å². The Morgan fingerprint density at radius 1 is 1.33 bits per heavy atom. The number of aromatic amines is 1. The van der Waals surface area contributed by atoms with Gasteiger partial charge in [0, 0.05) is 12.4 Å². The molecule has 1 aliphatic carbocycles. The van der Waals surface area contributed by atoms with E-state index in [4.69, 9.17) is 0 Å². The van der Waals surface area contributed by atoms with E-state index in [9.17, 15) is 14.7 Å². The van der Waals surface area contributed by atoms with Crippen LogP contribution in [0.2, 0.25) is 0 Å². The average molecular weight is 244 g/mol. The molecule has 3 rings (SSSR count). The SMILES string of the molecule is O=C(O)C1(c2ccccc2-n2cc[nH]c2=O)CC1. The number of hydrogen-bond donors (Lipinski definition) is 2. The number of benzene rings is 1. The summed E-state index contributed by atoms with van der Waals surface area (Å²) >= 11 is 0. The van der Waals surface area contributed by atoms with Crippen LogP contribution in [0.4, 0.5) is 0 Å². The van der Waals surface area contributed by atoms with E-state index < -0.39 is 11.4 Å². The van der Waals surface area contributed by atoms with Crippen molar-refractivity contribution < 1.29 is 9.90 Å². The largest absolute Gasteiger partial charge is 0.481 e. The highest BCUT2D eigenvalue weighted by Gasteiger charge is 2.53. The van der Waals surface area contributed by atoms with Crippen molar-refractivity contribution in [2.75, 3.05) is 0 Å². The highest BCUT2D eigenvalue weighted by molar-refractivity contribution is 5.86. The van der Waals surface area contributed by atoms with Crippen molar-refractivity contribution in [1.82, 2.24) is 9.55 Å². The highest BCUT2D eigenvalue weighted by Crippen LogP contribution is 2.50. The molecule has 92 valence electrons. The fraction of sp³-hybridized carbons (Fsp3) is 0.231. The van der Waals surface area contributed by atoms with Crippen molar-refractivity contribution in [2.24, 2.45) is 0 Å². The van der Waals surface area contributed by atoms with Gasteiger partial charge in [0.05, 0.1) is 11.1 Å². The van der Waals surface area contributed by atoms with Crippen LogP contribution in [0.15, 0.2) is 41.5 Å². The second-order valence-corrected chi connectivity index (χ2v) is 4.54. The number of para-hydroxylation sites is 1. The Labute approximate surface area is 103 Å². The minimum atomic E-state index is -0.821. The lowest BCUT2D eigenvalue weighted by Gasteiger charge is -2.15. The molecular formula is C13H12N2O3. The van der Waals surface area contributed by atoms with Gasteiger partial charge < -0.3 is 10.1 Å². The molecule has 0 spiro atoms. The molecule has 18 heavy (non-hydrogen) atoms. The van der Waals surface area contributed by atoms with Crippen molar-refractivity contribution in [2.45, 2.75) is 18.3 Å². The van der Waals surface area contributed by atoms with E-state index in [1.54, 1.807) is 36.7 Å². The topological polar surface area (TPSA) is 75.1 Å². The van der Waals surface area contributed by atoms with Gasteiger partial charge in [-0.3, -0.25) is 9.36 Å². The predicted octanol–water partition coefficient (Wildman–Crippen LogP) is 1.28. The molecule has 1 aliphatic rings. The molecule has 0 amide bonds.